The molecule has 1 amide bonds. The van der Waals surface area contributed by atoms with Gasteiger partial charge in [-0.05, 0) is 30.4 Å². The molecule has 0 bridgehead atoms. The Morgan fingerprint density at radius 1 is 1.23 bits per heavy atom. The molecule has 4 heteroatoms. The van der Waals surface area contributed by atoms with E-state index in [2.05, 4.69) is 0 Å². The highest BCUT2D eigenvalue weighted by molar-refractivity contribution is 5.95. The van der Waals surface area contributed by atoms with Crippen molar-refractivity contribution in [3.63, 3.8) is 0 Å². The minimum atomic E-state index is -0.881. The minimum absolute atomic E-state index is 0.00731. The molecule has 0 fully saturated rings. The summed E-state index contributed by atoms with van der Waals surface area (Å²) in [7, 11) is 0. The van der Waals surface area contributed by atoms with E-state index in [-0.39, 0.29) is 18.4 Å². The summed E-state index contributed by atoms with van der Waals surface area (Å²) >= 11 is 0. The maximum Gasteiger partial charge on any atom is 0.308 e. The van der Waals surface area contributed by atoms with Crippen molar-refractivity contribution < 1.29 is 14.7 Å². The number of anilines is 1. The van der Waals surface area contributed by atoms with Crippen molar-refractivity contribution in [3.8, 4) is 0 Å². The van der Waals surface area contributed by atoms with Crippen LogP contribution < -0.4 is 4.90 Å². The van der Waals surface area contributed by atoms with Gasteiger partial charge in [0.1, 0.15) is 0 Å². The predicted molar refractivity (Wildman–Crippen MR) is 89.2 cm³/mol. The fraction of sp³-hybridized carbons (Fsp3) is 0.556. The number of rotatable bonds is 7. The summed E-state index contributed by atoms with van der Waals surface area (Å²) < 4.78 is 0. The predicted octanol–water partition coefficient (Wildman–Crippen LogP) is 3.66. The molecule has 0 saturated heterocycles. The molecule has 1 aromatic rings. The highest BCUT2D eigenvalue weighted by Gasteiger charge is 2.25. The van der Waals surface area contributed by atoms with Gasteiger partial charge in [0.25, 0.3) is 0 Å². The molecule has 1 aromatic carbocycles. The third-order valence-corrected chi connectivity index (χ3v) is 3.73. The van der Waals surface area contributed by atoms with Crippen molar-refractivity contribution in [1.82, 2.24) is 0 Å². The van der Waals surface area contributed by atoms with Crippen LogP contribution in [-0.2, 0) is 16.0 Å². The molecule has 22 heavy (non-hydrogen) atoms. The van der Waals surface area contributed by atoms with Crippen molar-refractivity contribution in [1.29, 1.82) is 0 Å². The van der Waals surface area contributed by atoms with Crippen LogP contribution in [0.5, 0.6) is 0 Å². The zero-order valence-corrected chi connectivity index (χ0v) is 14.2. The van der Waals surface area contributed by atoms with Crippen LogP contribution >= 0.6 is 0 Å². The number of aryl methyl sites for hydroxylation is 2. The molecule has 1 unspecified atom stereocenters. The minimum Gasteiger partial charge on any atom is -0.481 e. The number of hydrogen-bond acceptors (Lipinski definition) is 2. The van der Waals surface area contributed by atoms with Gasteiger partial charge in [0.2, 0.25) is 5.91 Å². The van der Waals surface area contributed by atoms with Gasteiger partial charge in [0.05, 0.1) is 5.92 Å². The number of nitrogens with zero attached hydrogens (tertiary/aromatic N) is 1. The number of hydrogen-bond donors (Lipinski definition) is 1. The molecular formula is C18H27NO3. The molecule has 0 radical (unpaired) electrons. The molecule has 0 spiro atoms. The van der Waals surface area contributed by atoms with Gasteiger partial charge in [0.15, 0.2) is 0 Å². The molecule has 1 atom stereocenters. The summed E-state index contributed by atoms with van der Waals surface area (Å²) in [6, 6.07) is 5.95. The summed E-state index contributed by atoms with van der Waals surface area (Å²) in [6.45, 7) is 9.85. The molecule has 1 N–H and O–H groups in total. The zero-order chi connectivity index (χ0) is 16.9. The van der Waals surface area contributed by atoms with E-state index in [1.165, 1.54) is 0 Å². The van der Waals surface area contributed by atoms with E-state index in [1.807, 2.05) is 45.9 Å². The van der Waals surface area contributed by atoms with Gasteiger partial charge in [-0.2, -0.15) is 0 Å². The second kappa shape index (κ2) is 7.97. The zero-order valence-electron chi connectivity index (χ0n) is 14.2. The fourth-order valence-electron chi connectivity index (χ4n) is 2.52. The highest BCUT2D eigenvalue weighted by atomic mass is 16.4. The molecule has 0 aromatic heterocycles. The summed E-state index contributed by atoms with van der Waals surface area (Å²) in [5.74, 6) is -1.24. The Morgan fingerprint density at radius 2 is 1.86 bits per heavy atom. The van der Waals surface area contributed by atoms with Crippen molar-refractivity contribution >= 4 is 17.6 Å². The SMILES string of the molecule is CCc1cccc(C)c1N(CC(C)C(=O)O)C(=O)CC(C)C. The molecule has 0 saturated carbocycles. The normalized spacial score (nSPS) is 12.3. The van der Waals surface area contributed by atoms with E-state index in [1.54, 1.807) is 11.8 Å². The number of carbonyl (C=O) groups is 2. The number of aliphatic carboxylic acids is 1. The standard InChI is InChI=1S/C18H27NO3/c1-6-15-9-7-8-13(4)17(15)19(11-14(5)18(21)22)16(20)10-12(2)3/h7-9,12,14H,6,10-11H2,1-5H3,(H,21,22). The first-order valence-electron chi connectivity index (χ1n) is 7.89. The third-order valence-electron chi connectivity index (χ3n) is 3.73. The number of amides is 1. The Bertz CT molecular complexity index is 537. The molecule has 0 aliphatic carbocycles. The molecular weight excluding hydrogens is 278 g/mol. The van der Waals surface area contributed by atoms with Gasteiger partial charge in [0, 0.05) is 18.7 Å². The van der Waals surface area contributed by atoms with E-state index >= 15 is 0 Å². The topological polar surface area (TPSA) is 57.6 Å². The van der Waals surface area contributed by atoms with E-state index in [4.69, 9.17) is 0 Å². The second-order valence-electron chi connectivity index (χ2n) is 6.28. The maximum absolute atomic E-state index is 12.7. The Kier molecular flexibility index (Phi) is 6.60. The van der Waals surface area contributed by atoms with Crippen molar-refractivity contribution in [2.75, 3.05) is 11.4 Å². The summed E-state index contributed by atoms with van der Waals surface area (Å²) in [5, 5.41) is 9.20. The van der Waals surface area contributed by atoms with Crippen molar-refractivity contribution in [2.24, 2.45) is 11.8 Å². The van der Waals surface area contributed by atoms with Gasteiger partial charge < -0.3 is 10.0 Å². The lowest BCUT2D eigenvalue weighted by Crippen LogP contribution is -2.38. The van der Waals surface area contributed by atoms with E-state index in [9.17, 15) is 14.7 Å². The molecule has 0 aliphatic heterocycles. The maximum atomic E-state index is 12.7. The monoisotopic (exact) mass is 305 g/mol. The number of para-hydroxylation sites is 1. The van der Waals surface area contributed by atoms with Crippen LogP contribution in [0.25, 0.3) is 0 Å². The highest BCUT2D eigenvalue weighted by Crippen LogP contribution is 2.28. The van der Waals surface area contributed by atoms with Crippen LogP contribution in [0.4, 0.5) is 5.69 Å². The summed E-state index contributed by atoms with van der Waals surface area (Å²) in [5.41, 5.74) is 2.97. The second-order valence-corrected chi connectivity index (χ2v) is 6.28. The fourth-order valence-corrected chi connectivity index (χ4v) is 2.52. The average molecular weight is 305 g/mol. The van der Waals surface area contributed by atoms with E-state index in [0.717, 1.165) is 23.2 Å². The summed E-state index contributed by atoms with van der Waals surface area (Å²) in [4.78, 5) is 25.6. The van der Waals surface area contributed by atoms with Crippen LogP contribution in [0, 0.1) is 18.8 Å². The lowest BCUT2D eigenvalue weighted by Gasteiger charge is -2.29. The van der Waals surface area contributed by atoms with Crippen LogP contribution in [0.3, 0.4) is 0 Å². The number of carbonyl (C=O) groups excluding carboxylic acids is 1. The number of carboxylic acids is 1. The molecule has 1 rings (SSSR count). The van der Waals surface area contributed by atoms with Gasteiger partial charge in [-0.1, -0.05) is 45.9 Å². The Labute approximate surface area is 133 Å². The third kappa shape index (κ3) is 4.58. The first kappa shape index (κ1) is 18.2. The Morgan fingerprint density at radius 3 is 2.36 bits per heavy atom. The number of carboxylic acid groups (broad SMARTS) is 1. The lowest BCUT2D eigenvalue weighted by atomic mass is 10.0. The van der Waals surface area contributed by atoms with E-state index in [0.29, 0.717) is 6.42 Å². The van der Waals surface area contributed by atoms with Crippen molar-refractivity contribution in [3.05, 3.63) is 29.3 Å². The quantitative estimate of drug-likeness (QED) is 0.836. The smallest absolute Gasteiger partial charge is 0.308 e. The van der Waals surface area contributed by atoms with Gasteiger partial charge >= 0.3 is 5.97 Å². The van der Waals surface area contributed by atoms with E-state index < -0.39 is 11.9 Å². The van der Waals surface area contributed by atoms with Crippen LogP contribution in [0.15, 0.2) is 18.2 Å². The van der Waals surface area contributed by atoms with Gasteiger partial charge in [-0.25, -0.2) is 0 Å². The first-order valence-corrected chi connectivity index (χ1v) is 7.89. The van der Waals surface area contributed by atoms with Crippen LogP contribution in [0.2, 0.25) is 0 Å². The number of benzene rings is 1. The largest absolute Gasteiger partial charge is 0.481 e. The van der Waals surface area contributed by atoms with Crippen LogP contribution in [0.1, 0.15) is 45.2 Å². The Balaban J connectivity index is 3.25. The lowest BCUT2D eigenvalue weighted by molar-refractivity contribution is -0.140. The summed E-state index contributed by atoms with van der Waals surface area (Å²) in [6.07, 6.45) is 1.23. The van der Waals surface area contributed by atoms with Gasteiger partial charge in [-0.3, -0.25) is 9.59 Å². The van der Waals surface area contributed by atoms with Crippen molar-refractivity contribution in [2.45, 2.75) is 47.5 Å². The Hall–Kier alpha value is -1.84. The van der Waals surface area contributed by atoms with Gasteiger partial charge in [-0.15, -0.1) is 0 Å². The van der Waals surface area contributed by atoms with Crippen LogP contribution in [-0.4, -0.2) is 23.5 Å². The molecule has 4 nitrogen and oxygen atoms in total. The first-order chi connectivity index (χ1) is 10.3. The average Bonchev–Trinajstić information content (AvgIpc) is 2.43. The molecule has 0 aliphatic rings. The molecule has 122 valence electrons. The molecule has 0 heterocycles.